The largest absolute Gasteiger partial charge is 0.487 e. The Morgan fingerprint density at radius 2 is 1.87 bits per heavy atom. The van der Waals surface area contributed by atoms with Crippen molar-refractivity contribution in [2.75, 3.05) is 13.2 Å². The van der Waals surface area contributed by atoms with Crippen molar-refractivity contribution in [1.82, 2.24) is 16.1 Å². The fraction of sp³-hybridized carbons (Fsp3) is 0.200. The molecule has 0 spiro atoms. The van der Waals surface area contributed by atoms with Gasteiger partial charge in [-0.05, 0) is 77.9 Å². The average Bonchev–Trinajstić information content (AvgIpc) is 2.99. The van der Waals surface area contributed by atoms with Crippen LogP contribution in [0.25, 0.3) is 0 Å². The highest BCUT2D eigenvalue weighted by molar-refractivity contribution is 9.11. The Balaban J connectivity index is 1.43. The van der Waals surface area contributed by atoms with Gasteiger partial charge in [0.2, 0.25) is 0 Å². The third kappa shape index (κ3) is 8.86. The van der Waals surface area contributed by atoms with E-state index >= 15 is 0 Å². The second-order valence-electron chi connectivity index (χ2n) is 9.43. The lowest BCUT2D eigenvalue weighted by molar-refractivity contribution is -0.384. The quantitative estimate of drug-likeness (QED) is 0.0701. The molecule has 1 heterocycles. The number of halogens is 2. The van der Waals surface area contributed by atoms with Crippen LogP contribution in [0.2, 0.25) is 0 Å². The number of non-ortho nitro benzene ring substituents is 1. The molecule has 3 aromatic carbocycles. The Kier molecular flexibility index (Phi) is 11.6. The summed E-state index contributed by atoms with van der Waals surface area (Å²) in [5.74, 6) is -0.214. The van der Waals surface area contributed by atoms with Crippen LogP contribution >= 0.6 is 44.1 Å². The van der Waals surface area contributed by atoms with Gasteiger partial charge in [0.15, 0.2) is 11.7 Å². The van der Waals surface area contributed by atoms with E-state index in [1.807, 2.05) is 0 Å². The fourth-order valence-electron chi connectivity index (χ4n) is 4.30. The number of nitro benzene ring substituents is 1. The lowest BCUT2D eigenvalue weighted by Gasteiger charge is -2.30. The first-order valence-electron chi connectivity index (χ1n) is 13.4. The lowest BCUT2D eigenvalue weighted by atomic mass is 9.95. The molecule has 0 saturated carbocycles. The Hall–Kier alpha value is -4.34. The number of carbonyl (C=O) groups excluding carboxylic acids is 2. The third-order valence-electron chi connectivity index (χ3n) is 6.31. The van der Waals surface area contributed by atoms with Gasteiger partial charge >= 0.3 is 5.97 Å². The number of esters is 1. The molecule has 15 heteroatoms. The number of benzene rings is 3. The number of hydrazone groups is 1. The third-order valence-corrected chi connectivity index (χ3v) is 7.58. The molecule has 0 aliphatic carbocycles. The summed E-state index contributed by atoms with van der Waals surface area (Å²) in [6, 6.07) is 15.9. The number of allylic oxidation sites excluding steroid dienone is 1. The number of nitro groups is 1. The molecule has 234 valence electrons. The van der Waals surface area contributed by atoms with Crippen LogP contribution < -0.4 is 25.5 Å². The lowest BCUT2D eigenvalue weighted by Crippen LogP contribution is -2.45. The number of thiocarbonyl (C=S) groups is 1. The minimum absolute atomic E-state index is 0.0139. The van der Waals surface area contributed by atoms with Crippen molar-refractivity contribution >= 4 is 73.0 Å². The highest BCUT2D eigenvalue weighted by atomic mass is 79.9. The molecular formula is C30H27Br2N5O7S. The summed E-state index contributed by atoms with van der Waals surface area (Å²) in [4.78, 5) is 35.9. The zero-order valence-corrected chi connectivity index (χ0v) is 28.0. The Morgan fingerprint density at radius 1 is 1.13 bits per heavy atom. The number of rotatable bonds is 12. The first kappa shape index (κ1) is 33.6. The van der Waals surface area contributed by atoms with E-state index in [-0.39, 0.29) is 25.5 Å². The number of carbonyl (C=O) groups is 2. The normalized spacial score (nSPS) is 14.4. The number of para-hydroxylation sites is 1. The highest BCUT2D eigenvalue weighted by Crippen LogP contribution is 2.34. The van der Waals surface area contributed by atoms with Gasteiger partial charge in [0.1, 0.15) is 18.1 Å². The van der Waals surface area contributed by atoms with Crippen LogP contribution in [0, 0.1) is 10.1 Å². The molecule has 45 heavy (non-hydrogen) atoms. The van der Waals surface area contributed by atoms with E-state index in [0.717, 1.165) is 10.0 Å². The van der Waals surface area contributed by atoms with Crippen molar-refractivity contribution in [2.45, 2.75) is 26.5 Å². The van der Waals surface area contributed by atoms with Gasteiger partial charge in [0.05, 0.1) is 33.8 Å². The summed E-state index contributed by atoms with van der Waals surface area (Å²) < 4.78 is 18.4. The van der Waals surface area contributed by atoms with E-state index in [2.05, 4.69) is 53.0 Å². The van der Waals surface area contributed by atoms with Gasteiger partial charge in [-0.15, -0.1) is 0 Å². The van der Waals surface area contributed by atoms with Gasteiger partial charge in [-0.1, -0.05) is 34.1 Å². The molecule has 0 aromatic heterocycles. The van der Waals surface area contributed by atoms with Gasteiger partial charge < -0.3 is 24.8 Å². The summed E-state index contributed by atoms with van der Waals surface area (Å²) in [5.41, 5.74) is 5.20. The molecule has 4 rings (SSSR count). The molecule has 1 amide bonds. The number of hydrogen-bond acceptors (Lipinski definition) is 9. The topological polar surface area (TPSA) is 153 Å². The van der Waals surface area contributed by atoms with Crippen molar-refractivity contribution in [3.05, 3.63) is 108 Å². The first-order valence-corrected chi connectivity index (χ1v) is 15.4. The van der Waals surface area contributed by atoms with Crippen molar-refractivity contribution < 1.29 is 28.7 Å². The van der Waals surface area contributed by atoms with E-state index in [9.17, 15) is 19.7 Å². The second-order valence-corrected chi connectivity index (χ2v) is 11.6. The number of nitrogens with zero attached hydrogens (tertiary/aromatic N) is 2. The standard InChI is InChI=1S/C30H27Br2N5O7S/c1-3-42-29(39)26-17(2)34-30(45)35-27(26)22-6-4-5-7-24(22)43-16-25(38)36-33-14-19-12-20(31)13-23(32)28(19)44-15-18-8-10-21(11-9-18)37(40)41/h4-14,27H,3,15-16H2,1-2H3,(H,36,38)(H2,34,35,45)/t27-/m0/s1. The van der Waals surface area contributed by atoms with E-state index in [1.54, 1.807) is 62.4 Å². The minimum atomic E-state index is -0.658. The number of hydrogen-bond donors (Lipinski definition) is 3. The molecule has 12 nitrogen and oxygen atoms in total. The van der Waals surface area contributed by atoms with E-state index in [4.69, 9.17) is 26.4 Å². The summed E-state index contributed by atoms with van der Waals surface area (Å²) >= 11 is 12.2. The Bertz CT molecular complexity index is 1680. The SMILES string of the molecule is CCOC(=O)C1=C(C)NC(=S)N[C@H]1c1ccccc1OCC(=O)NN=Cc1cc(Br)cc(Br)c1OCc1ccc([N+](=O)[O-])cc1. The van der Waals surface area contributed by atoms with Crippen molar-refractivity contribution in [2.24, 2.45) is 5.10 Å². The number of nitrogens with one attached hydrogen (secondary N) is 3. The molecule has 3 aromatic rings. The molecule has 0 unspecified atom stereocenters. The van der Waals surface area contributed by atoms with Gasteiger partial charge in [-0.25, -0.2) is 10.2 Å². The van der Waals surface area contributed by atoms with Crippen LogP contribution in [-0.4, -0.2) is 41.3 Å². The summed E-state index contributed by atoms with van der Waals surface area (Å²) in [6.45, 7) is 3.43. The molecule has 0 bridgehead atoms. The van der Waals surface area contributed by atoms with Crippen molar-refractivity contribution in [3.63, 3.8) is 0 Å². The van der Waals surface area contributed by atoms with Crippen molar-refractivity contribution in [3.8, 4) is 11.5 Å². The van der Waals surface area contributed by atoms with E-state index < -0.39 is 22.8 Å². The number of amides is 1. The van der Waals surface area contributed by atoms with E-state index in [1.165, 1.54) is 18.3 Å². The maximum Gasteiger partial charge on any atom is 0.338 e. The smallest absolute Gasteiger partial charge is 0.338 e. The second kappa shape index (κ2) is 15.6. The van der Waals surface area contributed by atoms with Crippen molar-refractivity contribution in [1.29, 1.82) is 0 Å². The van der Waals surface area contributed by atoms with Crippen LogP contribution in [0.15, 0.2) is 86.0 Å². The molecular weight excluding hydrogens is 734 g/mol. The molecule has 3 N–H and O–H groups in total. The average molecular weight is 761 g/mol. The first-order chi connectivity index (χ1) is 21.6. The Morgan fingerprint density at radius 3 is 2.58 bits per heavy atom. The van der Waals surface area contributed by atoms with Crippen LogP contribution in [-0.2, 0) is 20.9 Å². The van der Waals surface area contributed by atoms with E-state index in [0.29, 0.717) is 43.5 Å². The van der Waals surface area contributed by atoms with Crippen LogP contribution in [0.5, 0.6) is 11.5 Å². The molecule has 0 radical (unpaired) electrons. The monoisotopic (exact) mass is 759 g/mol. The van der Waals surface area contributed by atoms with Crippen LogP contribution in [0.4, 0.5) is 5.69 Å². The highest BCUT2D eigenvalue weighted by Gasteiger charge is 2.32. The summed E-state index contributed by atoms with van der Waals surface area (Å²) in [5, 5.41) is 21.3. The van der Waals surface area contributed by atoms with Gasteiger partial charge in [0, 0.05) is 33.4 Å². The predicted molar refractivity (Wildman–Crippen MR) is 178 cm³/mol. The zero-order valence-electron chi connectivity index (χ0n) is 24.0. The molecule has 1 aliphatic rings. The summed E-state index contributed by atoms with van der Waals surface area (Å²) in [6.07, 6.45) is 1.42. The van der Waals surface area contributed by atoms with Gasteiger partial charge in [0.25, 0.3) is 11.6 Å². The maximum absolute atomic E-state index is 12.8. The van der Waals surface area contributed by atoms with Gasteiger partial charge in [-0.2, -0.15) is 5.10 Å². The predicted octanol–water partition coefficient (Wildman–Crippen LogP) is 5.58. The molecule has 0 saturated heterocycles. The maximum atomic E-state index is 12.8. The summed E-state index contributed by atoms with van der Waals surface area (Å²) in [7, 11) is 0. The molecule has 1 aliphatic heterocycles. The minimum Gasteiger partial charge on any atom is -0.487 e. The van der Waals surface area contributed by atoms with Crippen LogP contribution in [0.3, 0.4) is 0 Å². The fourth-order valence-corrected chi connectivity index (χ4v) is 5.95. The molecule has 1 atom stereocenters. The number of ether oxygens (including phenoxy) is 3. The van der Waals surface area contributed by atoms with Gasteiger partial charge in [-0.3, -0.25) is 14.9 Å². The molecule has 0 fully saturated rings. The van der Waals surface area contributed by atoms with Crippen LogP contribution in [0.1, 0.15) is 36.6 Å². The Labute approximate surface area is 280 Å². The zero-order chi connectivity index (χ0) is 32.5.